The largest absolute Gasteiger partial charge is 0.496 e. The number of hydrogen-bond donors (Lipinski definition) is 1. The topological polar surface area (TPSA) is 35.2 Å². The molecule has 0 bridgehead atoms. The number of nitrogens with two attached hydrogens (primary N) is 1. The van der Waals surface area contributed by atoms with E-state index in [0.717, 1.165) is 17.7 Å². The SMILES string of the molecule is COc1c(C)c(C)cc(C)c1Cc1ccc(CN)cc1. The first-order valence-electron chi connectivity index (χ1n) is 6.98. The van der Waals surface area contributed by atoms with Crippen LogP contribution in [0.3, 0.4) is 0 Å². The molecule has 0 saturated heterocycles. The molecule has 20 heavy (non-hydrogen) atoms. The summed E-state index contributed by atoms with van der Waals surface area (Å²) in [5.74, 6) is 1.02. The molecular weight excluding hydrogens is 246 g/mol. The van der Waals surface area contributed by atoms with E-state index in [1.54, 1.807) is 7.11 Å². The molecule has 2 N–H and O–H groups in total. The third-order valence-corrected chi connectivity index (χ3v) is 3.96. The van der Waals surface area contributed by atoms with Crippen molar-refractivity contribution in [3.63, 3.8) is 0 Å². The minimum absolute atomic E-state index is 0.590. The number of hydrogen-bond acceptors (Lipinski definition) is 2. The van der Waals surface area contributed by atoms with Crippen LogP contribution in [0.4, 0.5) is 0 Å². The summed E-state index contributed by atoms with van der Waals surface area (Å²) in [6.45, 7) is 6.99. The Morgan fingerprint density at radius 1 is 0.950 bits per heavy atom. The van der Waals surface area contributed by atoms with Crippen LogP contribution in [0.25, 0.3) is 0 Å². The van der Waals surface area contributed by atoms with Crippen LogP contribution >= 0.6 is 0 Å². The number of ether oxygens (including phenoxy) is 1. The Labute approximate surface area is 121 Å². The first-order valence-corrected chi connectivity index (χ1v) is 6.98. The van der Waals surface area contributed by atoms with Crippen LogP contribution in [0.5, 0.6) is 5.75 Å². The molecule has 106 valence electrons. The summed E-state index contributed by atoms with van der Waals surface area (Å²) in [6, 6.07) is 10.7. The van der Waals surface area contributed by atoms with E-state index >= 15 is 0 Å². The quantitative estimate of drug-likeness (QED) is 0.919. The summed E-state index contributed by atoms with van der Waals surface area (Å²) in [6.07, 6.45) is 0.890. The monoisotopic (exact) mass is 269 g/mol. The minimum atomic E-state index is 0.590. The Balaban J connectivity index is 2.39. The first-order chi connectivity index (χ1) is 9.56. The van der Waals surface area contributed by atoms with Crippen molar-refractivity contribution in [1.82, 2.24) is 0 Å². The van der Waals surface area contributed by atoms with Crippen molar-refractivity contribution in [3.05, 3.63) is 63.7 Å². The molecule has 0 fully saturated rings. The molecule has 0 spiro atoms. The second-order valence-electron chi connectivity index (χ2n) is 5.34. The van der Waals surface area contributed by atoms with Gasteiger partial charge in [0.2, 0.25) is 0 Å². The Hall–Kier alpha value is -1.80. The molecule has 2 rings (SSSR count). The van der Waals surface area contributed by atoms with Crippen LogP contribution in [0.2, 0.25) is 0 Å². The Morgan fingerprint density at radius 3 is 2.10 bits per heavy atom. The third-order valence-electron chi connectivity index (χ3n) is 3.96. The fraction of sp³-hybridized carbons (Fsp3) is 0.333. The van der Waals surface area contributed by atoms with Crippen molar-refractivity contribution in [2.75, 3.05) is 7.11 Å². The van der Waals surface area contributed by atoms with E-state index in [1.807, 2.05) is 0 Å². The lowest BCUT2D eigenvalue weighted by Crippen LogP contribution is -2.02. The Kier molecular flexibility index (Phi) is 4.46. The van der Waals surface area contributed by atoms with Gasteiger partial charge in [-0.05, 0) is 48.6 Å². The smallest absolute Gasteiger partial charge is 0.125 e. The molecule has 2 nitrogen and oxygen atoms in total. The zero-order valence-corrected chi connectivity index (χ0v) is 12.8. The molecule has 0 aliphatic heterocycles. The van der Waals surface area contributed by atoms with E-state index in [4.69, 9.17) is 10.5 Å². The maximum absolute atomic E-state index is 5.64. The Bertz CT molecular complexity index is 600. The summed E-state index contributed by atoms with van der Waals surface area (Å²) in [7, 11) is 1.75. The summed E-state index contributed by atoms with van der Waals surface area (Å²) in [5.41, 5.74) is 13.2. The molecule has 0 unspecified atom stereocenters. The lowest BCUT2D eigenvalue weighted by Gasteiger charge is -2.17. The van der Waals surface area contributed by atoms with Gasteiger partial charge in [0.05, 0.1) is 7.11 Å². The van der Waals surface area contributed by atoms with E-state index in [2.05, 4.69) is 51.1 Å². The second-order valence-corrected chi connectivity index (χ2v) is 5.34. The highest BCUT2D eigenvalue weighted by molar-refractivity contribution is 5.51. The van der Waals surface area contributed by atoms with E-state index in [-0.39, 0.29) is 0 Å². The van der Waals surface area contributed by atoms with E-state index < -0.39 is 0 Å². The summed E-state index contributed by atoms with van der Waals surface area (Å²) < 4.78 is 5.63. The first kappa shape index (κ1) is 14.6. The van der Waals surface area contributed by atoms with Gasteiger partial charge in [-0.25, -0.2) is 0 Å². The second kappa shape index (κ2) is 6.10. The third kappa shape index (κ3) is 2.86. The maximum atomic E-state index is 5.64. The predicted molar refractivity (Wildman–Crippen MR) is 84.3 cm³/mol. The average molecular weight is 269 g/mol. The van der Waals surface area contributed by atoms with Crippen molar-refractivity contribution in [2.24, 2.45) is 5.73 Å². The van der Waals surface area contributed by atoms with Crippen molar-refractivity contribution in [3.8, 4) is 5.75 Å². The molecule has 0 saturated carbocycles. The number of aryl methyl sites for hydroxylation is 2. The van der Waals surface area contributed by atoms with Gasteiger partial charge in [0.1, 0.15) is 5.75 Å². The van der Waals surface area contributed by atoms with Crippen molar-refractivity contribution < 1.29 is 4.74 Å². The van der Waals surface area contributed by atoms with E-state index in [0.29, 0.717) is 6.54 Å². The summed E-state index contributed by atoms with van der Waals surface area (Å²) >= 11 is 0. The lowest BCUT2D eigenvalue weighted by molar-refractivity contribution is 0.406. The van der Waals surface area contributed by atoms with Crippen LogP contribution in [0, 0.1) is 20.8 Å². The average Bonchev–Trinajstić information content (AvgIpc) is 2.46. The molecule has 0 amide bonds. The number of rotatable bonds is 4. The van der Waals surface area contributed by atoms with Gasteiger partial charge in [-0.15, -0.1) is 0 Å². The molecule has 2 aromatic rings. The van der Waals surface area contributed by atoms with Gasteiger partial charge in [0.25, 0.3) is 0 Å². The number of methoxy groups -OCH3 is 1. The lowest BCUT2D eigenvalue weighted by atomic mass is 9.94. The number of benzene rings is 2. The van der Waals surface area contributed by atoms with Crippen molar-refractivity contribution in [1.29, 1.82) is 0 Å². The fourth-order valence-electron chi connectivity index (χ4n) is 2.60. The standard InChI is InChI=1S/C18H23NO/c1-12-9-13(2)17(18(20-4)14(12)3)10-15-5-7-16(11-19)8-6-15/h5-9H,10-11,19H2,1-4H3. The van der Waals surface area contributed by atoms with Gasteiger partial charge in [-0.3, -0.25) is 0 Å². The van der Waals surface area contributed by atoms with Crippen LogP contribution in [-0.4, -0.2) is 7.11 Å². The van der Waals surface area contributed by atoms with Crippen LogP contribution in [-0.2, 0) is 13.0 Å². The molecule has 0 aromatic heterocycles. The van der Waals surface area contributed by atoms with Crippen LogP contribution < -0.4 is 10.5 Å². The normalized spacial score (nSPS) is 10.7. The van der Waals surface area contributed by atoms with Crippen molar-refractivity contribution >= 4 is 0 Å². The zero-order chi connectivity index (χ0) is 14.7. The molecule has 2 aromatic carbocycles. The summed E-state index contributed by atoms with van der Waals surface area (Å²) in [4.78, 5) is 0. The molecule has 0 aliphatic carbocycles. The molecule has 0 aliphatic rings. The molecule has 0 radical (unpaired) electrons. The van der Waals surface area contributed by atoms with Gasteiger partial charge >= 0.3 is 0 Å². The predicted octanol–water partition coefficient (Wildman–Crippen LogP) is 3.67. The Morgan fingerprint density at radius 2 is 1.55 bits per heavy atom. The minimum Gasteiger partial charge on any atom is -0.496 e. The zero-order valence-electron chi connectivity index (χ0n) is 12.8. The van der Waals surface area contributed by atoms with Gasteiger partial charge < -0.3 is 10.5 Å². The van der Waals surface area contributed by atoms with E-state index in [9.17, 15) is 0 Å². The van der Waals surface area contributed by atoms with Crippen LogP contribution in [0.1, 0.15) is 33.4 Å². The molecular formula is C18H23NO. The van der Waals surface area contributed by atoms with Crippen molar-refractivity contribution in [2.45, 2.75) is 33.7 Å². The molecule has 0 atom stereocenters. The van der Waals surface area contributed by atoms with Gasteiger partial charge in [-0.1, -0.05) is 30.3 Å². The van der Waals surface area contributed by atoms with Gasteiger partial charge in [0.15, 0.2) is 0 Å². The maximum Gasteiger partial charge on any atom is 0.125 e. The highest BCUT2D eigenvalue weighted by atomic mass is 16.5. The fourth-order valence-corrected chi connectivity index (χ4v) is 2.60. The van der Waals surface area contributed by atoms with Crippen LogP contribution in [0.15, 0.2) is 30.3 Å². The molecule has 0 heterocycles. The highest BCUT2D eigenvalue weighted by Crippen LogP contribution is 2.31. The van der Waals surface area contributed by atoms with Gasteiger partial charge in [0, 0.05) is 18.5 Å². The summed E-state index contributed by atoms with van der Waals surface area (Å²) in [5, 5.41) is 0. The molecule has 2 heteroatoms. The van der Waals surface area contributed by atoms with Gasteiger partial charge in [-0.2, -0.15) is 0 Å². The van der Waals surface area contributed by atoms with E-state index in [1.165, 1.54) is 27.8 Å². The highest BCUT2D eigenvalue weighted by Gasteiger charge is 2.12.